The van der Waals surface area contributed by atoms with Gasteiger partial charge < -0.3 is 15.8 Å². The number of methoxy groups -OCH3 is 1. The van der Waals surface area contributed by atoms with Crippen LogP contribution in [0.25, 0.3) is 0 Å². The first-order chi connectivity index (χ1) is 9.60. The molecule has 2 aromatic heterocycles. The molecule has 0 radical (unpaired) electrons. The quantitative estimate of drug-likeness (QED) is 0.785. The molecule has 0 saturated heterocycles. The van der Waals surface area contributed by atoms with Crippen LogP contribution in [0.3, 0.4) is 0 Å². The van der Waals surface area contributed by atoms with Crippen LogP contribution < -0.4 is 11.1 Å². The van der Waals surface area contributed by atoms with Crippen LogP contribution in [0.4, 0.5) is 11.5 Å². The minimum Gasteiger partial charge on any atom is -0.465 e. The van der Waals surface area contributed by atoms with Gasteiger partial charge in [0.25, 0.3) is 0 Å². The SMILES string of the molecule is COC(=O)c1cc(N)cnc1NCCc1cnn(C)c1. The Hall–Kier alpha value is -2.57. The number of anilines is 2. The zero-order valence-electron chi connectivity index (χ0n) is 11.5. The molecule has 20 heavy (non-hydrogen) atoms. The van der Waals surface area contributed by atoms with E-state index >= 15 is 0 Å². The topological polar surface area (TPSA) is 95.1 Å². The summed E-state index contributed by atoms with van der Waals surface area (Å²) in [5.41, 5.74) is 7.49. The summed E-state index contributed by atoms with van der Waals surface area (Å²) in [5, 5.41) is 7.20. The summed E-state index contributed by atoms with van der Waals surface area (Å²) in [6.07, 6.45) is 6.03. The Bertz CT molecular complexity index is 609. The van der Waals surface area contributed by atoms with E-state index < -0.39 is 5.97 Å². The molecule has 0 aliphatic carbocycles. The van der Waals surface area contributed by atoms with Crippen molar-refractivity contribution in [2.45, 2.75) is 6.42 Å². The molecule has 0 saturated carbocycles. The minimum absolute atomic E-state index is 0.332. The van der Waals surface area contributed by atoms with Crippen LogP contribution in [-0.4, -0.2) is 34.4 Å². The Morgan fingerprint density at radius 2 is 2.30 bits per heavy atom. The largest absolute Gasteiger partial charge is 0.465 e. The number of nitrogens with two attached hydrogens (primary N) is 1. The summed E-state index contributed by atoms with van der Waals surface area (Å²) in [6, 6.07) is 1.55. The summed E-state index contributed by atoms with van der Waals surface area (Å²) >= 11 is 0. The second-order valence-electron chi connectivity index (χ2n) is 4.36. The number of hydrogen-bond donors (Lipinski definition) is 2. The molecule has 0 atom stereocenters. The van der Waals surface area contributed by atoms with E-state index in [2.05, 4.69) is 15.4 Å². The lowest BCUT2D eigenvalue weighted by atomic mass is 10.2. The zero-order chi connectivity index (χ0) is 14.5. The van der Waals surface area contributed by atoms with Gasteiger partial charge in [0.2, 0.25) is 0 Å². The van der Waals surface area contributed by atoms with E-state index in [0.29, 0.717) is 23.6 Å². The smallest absolute Gasteiger partial charge is 0.341 e. The molecule has 0 bridgehead atoms. The van der Waals surface area contributed by atoms with Gasteiger partial charge in [-0.1, -0.05) is 0 Å². The molecule has 0 aliphatic heterocycles. The highest BCUT2D eigenvalue weighted by atomic mass is 16.5. The van der Waals surface area contributed by atoms with E-state index in [4.69, 9.17) is 10.5 Å². The number of aromatic nitrogens is 3. The fourth-order valence-corrected chi connectivity index (χ4v) is 1.81. The van der Waals surface area contributed by atoms with Crippen molar-refractivity contribution in [3.8, 4) is 0 Å². The molecule has 106 valence electrons. The summed E-state index contributed by atoms with van der Waals surface area (Å²) in [4.78, 5) is 15.8. The fraction of sp³-hybridized carbons (Fsp3) is 0.308. The first kappa shape index (κ1) is 13.9. The molecule has 2 heterocycles. The number of rotatable bonds is 5. The van der Waals surface area contributed by atoms with Gasteiger partial charge in [-0.15, -0.1) is 0 Å². The molecule has 2 rings (SSSR count). The first-order valence-corrected chi connectivity index (χ1v) is 6.15. The number of nitrogens with zero attached hydrogens (tertiary/aromatic N) is 3. The lowest BCUT2D eigenvalue weighted by Crippen LogP contribution is -2.12. The maximum atomic E-state index is 11.7. The molecule has 0 aliphatic rings. The van der Waals surface area contributed by atoms with Crippen molar-refractivity contribution >= 4 is 17.5 Å². The molecule has 0 unspecified atom stereocenters. The van der Waals surface area contributed by atoms with Crippen LogP contribution in [0.1, 0.15) is 15.9 Å². The first-order valence-electron chi connectivity index (χ1n) is 6.15. The van der Waals surface area contributed by atoms with Crippen LogP contribution >= 0.6 is 0 Å². The van der Waals surface area contributed by atoms with Gasteiger partial charge in [0.05, 0.1) is 25.2 Å². The number of pyridine rings is 1. The van der Waals surface area contributed by atoms with Gasteiger partial charge in [-0.3, -0.25) is 4.68 Å². The lowest BCUT2D eigenvalue weighted by Gasteiger charge is -2.09. The van der Waals surface area contributed by atoms with Crippen molar-refractivity contribution in [1.29, 1.82) is 0 Å². The van der Waals surface area contributed by atoms with Crippen LogP contribution in [0, 0.1) is 0 Å². The van der Waals surface area contributed by atoms with E-state index in [-0.39, 0.29) is 0 Å². The maximum absolute atomic E-state index is 11.7. The summed E-state index contributed by atoms with van der Waals surface area (Å²) in [6.45, 7) is 0.632. The monoisotopic (exact) mass is 275 g/mol. The molecule has 0 amide bonds. The Labute approximate surface area is 116 Å². The van der Waals surface area contributed by atoms with Crippen LogP contribution in [-0.2, 0) is 18.2 Å². The fourth-order valence-electron chi connectivity index (χ4n) is 1.81. The molecular weight excluding hydrogens is 258 g/mol. The van der Waals surface area contributed by atoms with E-state index in [1.54, 1.807) is 16.9 Å². The van der Waals surface area contributed by atoms with E-state index in [9.17, 15) is 4.79 Å². The van der Waals surface area contributed by atoms with Gasteiger partial charge in [0.1, 0.15) is 11.4 Å². The molecule has 7 heteroatoms. The third-order valence-corrected chi connectivity index (χ3v) is 2.78. The van der Waals surface area contributed by atoms with Crippen molar-refractivity contribution in [3.05, 3.63) is 35.8 Å². The standard InChI is InChI=1S/C13H17N5O2/c1-18-8-9(6-17-18)3-4-15-12-11(13(19)20-2)5-10(14)7-16-12/h5-8H,3-4,14H2,1-2H3,(H,15,16). The Morgan fingerprint density at radius 1 is 1.50 bits per heavy atom. The number of aryl methyl sites for hydroxylation is 1. The number of nitrogen functional groups attached to an aromatic ring is 1. The molecule has 7 nitrogen and oxygen atoms in total. The molecule has 2 aromatic rings. The number of nitrogens with one attached hydrogen (secondary N) is 1. The number of carbonyl (C=O) groups is 1. The van der Waals surface area contributed by atoms with Crippen LogP contribution in [0.5, 0.6) is 0 Å². The Kier molecular flexibility index (Phi) is 4.19. The maximum Gasteiger partial charge on any atom is 0.341 e. The summed E-state index contributed by atoms with van der Waals surface area (Å²) in [7, 11) is 3.19. The van der Waals surface area contributed by atoms with Crippen molar-refractivity contribution < 1.29 is 9.53 Å². The van der Waals surface area contributed by atoms with E-state index in [1.165, 1.54) is 13.3 Å². The summed E-state index contributed by atoms with van der Waals surface area (Å²) < 4.78 is 6.46. The lowest BCUT2D eigenvalue weighted by molar-refractivity contribution is 0.0601. The van der Waals surface area contributed by atoms with Crippen LogP contribution in [0.2, 0.25) is 0 Å². The number of ether oxygens (including phenoxy) is 1. The van der Waals surface area contributed by atoms with Gasteiger partial charge in [0.15, 0.2) is 0 Å². The normalized spacial score (nSPS) is 10.3. The third kappa shape index (κ3) is 3.25. The van der Waals surface area contributed by atoms with Crippen molar-refractivity contribution in [1.82, 2.24) is 14.8 Å². The second-order valence-corrected chi connectivity index (χ2v) is 4.36. The highest BCUT2D eigenvalue weighted by molar-refractivity contribution is 5.95. The Balaban J connectivity index is 2.03. The molecule has 0 aromatic carbocycles. The highest BCUT2D eigenvalue weighted by Crippen LogP contribution is 2.16. The predicted octanol–water partition coefficient (Wildman–Crippen LogP) is 0.838. The van der Waals surface area contributed by atoms with Gasteiger partial charge in [-0.05, 0) is 18.1 Å². The van der Waals surface area contributed by atoms with E-state index in [1.807, 2.05) is 13.2 Å². The second kappa shape index (κ2) is 6.05. The third-order valence-electron chi connectivity index (χ3n) is 2.78. The average molecular weight is 275 g/mol. The van der Waals surface area contributed by atoms with Gasteiger partial charge in [-0.2, -0.15) is 5.10 Å². The van der Waals surface area contributed by atoms with E-state index in [0.717, 1.165) is 12.0 Å². The van der Waals surface area contributed by atoms with Crippen LogP contribution in [0.15, 0.2) is 24.7 Å². The predicted molar refractivity (Wildman–Crippen MR) is 75.4 cm³/mol. The van der Waals surface area contributed by atoms with Crippen molar-refractivity contribution in [2.24, 2.45) is 7.05 Å². The van der Waals surface area contributed by atoms with Gasteiger partial charge in [0, 0.05) is 19.8 Å². The molecule has 0 fully saturated rings. The number of carbonyl (C=O) groups excluding carboxylic acids is 1. The number of esters is 1. The zero-order valence-corrected chi connectivity index (χ0v) is 11.5. The Morgan fingerprint density at radius 3 is 2.95 bits per heavy atom. The average Bonchev–Trinajstić information content (AvgIpc) is 2.85. The molecule has 3 N–H and O–H groups in total. The number of hydrogen-bond acceptors (Lipinski definition) is 6. The molecular formula is C13H17N5O2. The van der Waals surface area contributed by atoms with Gasteiger partial charge in [-0.25, -0.2) is 9.78 Å². The van der Waals surface area contributed by atoms with Gasteiger partial charge >= 0.3 is 5.97 Å². The highest BCUT2D eigenvalue weighted by Gasteiger charge is 2.13. The van der Waals surface area contributed by atoms with Crippen molar-refractivity contribution in [3.63, 3.8) is 0 Å². The molecule has 0 spiro atoms. The summed E-state index contributed by atoms with van der Waals surface area (Å²) in [5.74, 6) is 0.00335. The minimum atomic E-state index is -0.464. The van der Waals surface area contributed by atoms with Crippen molar-refractivity contribution in [2.75, 3.05) is 24.7 Å².